The van der Waals surface area contributed by atoms with E-state index in [9.17, 15) is 0 Å². The molecule has 1 atom stereocenters. The molecule has 0 saturated carbocycles. The zero-order valence-electron chi connectivity index (χ0n) is 8.49. The van der Waals surface area contributed by atoms with Crippen LogP contribution in [-0.2, 0) is 4.74 Å². The van der Waals surface area contributed by atoms with Crippen LogP contribution in [0.25, 0.3) is 0 Å². The Kier molecular flexibility index (Phi) is 4.20. The predicted octanol–water partition coefficient (Wildman–Crippen LogP) is 1.40. The van der Waals surface area contributed by atoms with Crippen LogP contribution in [-0.4, -0.2) is 36.7 Å². The Labute approximate surface area is 80.3 Å². The molecule has 0 aromatic heterocycles. The number of nitrogens with zero attached hydrogens (tertiary/aromatic N) is 2. The van der Waals surface area contributed by atoms with Crippen molar-refractivity contribution < 1.29 is 4.74 Å². The third-order valence-electron chi connectivity index (χ3n) is 2.55. The van der Waals surface area contributed by atoms with Gasteiger partial charge < -0.3 is 4.74 Å². The van der Waals surface area contributed by atoms with Gasteiger partial charge in [0.25, 0.3) is 0 Å². The molecule has 3 nitrogen and oxygen atoms in total. The van der Waals surface area contributed by atoms with Crippen LogP contribution in [0.2, 0.25) is 0 Å². The molecule has 0 aromatic rings. The van der Waals surface area contributed by atoms with E-state index in [1.165, 1.54) is 0 Å². The van der Waals surface area contributed by atoms with E-state index < -0.39 is 0 Å². The lowest BCUT2D eigenvalue weighted by molar-refractivity contribution is 0.130. The molecule has 1 rings (SSSR count). The first-order valence-electron chi connectivity index (χ1n) is 4.96. The summed E-state index contributed by atoms with van der Waals surface area (Å²) in [4.78, 5) is 2.37. The van der Waals surface area contributed by atoms with E-state index in [0.717, 1.165) is 26.2 Å². The quantitative estimate of drug-likeness (QED) is 0.647. The smallest absolute Gasteiger partial charge is 0.0638 e. The van der Waals surface area contributed by atoms with Gasteiger partial charge in [0.05, 0.1) is 19.1 Å². The highest BCUT2D eigenvalue weighted by Gasteiger charge is 2.22. The lowest BCUT2D eigenvalue weighted by Crippen LogP contribution is -2.40. The fourth-order valence-corrected chi connectivity index (χ4v) is 1.84. The Morgan fingerprint density at radius 1 is 1.54 bits per heavy atom. The largest absolute Gasteiger partial charge is 0.380 e. The van der Waals surface area contributed by atoms with Crippen LogP contribution in [0, 0.1) is 11.3 Å². The zero-order chi connectivity index (χ0) is 9.68. The van der Waals surface area contributed by atoms with Gasteiger partial charge in [-0.2, -0.15) is 5.26 Å². The van der Waals surface area contributed by atoms with Crippen LogP contribution in [0.3, 0.4) is 0 Å². The zero-order valence-corrected chi connectivity index (χ0v) is 8.49. The molecule has 0 amide bonds. The van der Waals surface area contributed by atoms with E-state index in [1.807, 2.05) is 0 Å². The summed E-state index contributed by atoms with van der Waals surface area (Å²) in [7, 11) is 0. The van der Waals surface area contributed by atoms with Gasteiger partial charge in [0.15, 0.2) is 0 Å². The van der Waals surface area contributed by atoms with Crippen molar-refractivity contribution in [1.29, 1.82) is 5.26 Å². The fourth-order valence-electron chi connectivity index (χ4n) is 1.84. The van der Waals surface area contributed by atoms with Gasteiger partial charge in [-0.05, 0) is 20.3 Å². The lowest BCUT2D eigenvalue weighted by Gasteiger charge is -2.31. The Morgan fingerprint density at radius 2 is 2.31 bits per heavy atom. The van der Waals surface area contributed by atoms with E-state index in [-0.39, 0.29) is 0 Å². The molecule has 3 heteroatoms. The molecule has 0 radical (unpaired) electrons. The van der Waals surface area contributed by atoms with Gasteiger partial charge in [-0.1, -0.05) is 0 Å². The number of rotatable bonds is 2. The van der Waals surface area contributed by atoms with Gasteiger partial charge in [-0.25, -0.2) is 0 Å². The van der Waals surface area contributed by atoms with E-state index in [4.69, 9.17) is 10.00 Å². The predicted molar refractivity (Wildman–Crippen MR) is 51.3 cm³/mol. The van der Waals surface area contributed by atoms with Crippen molar-refractivity contribution in [3.8, 4) is 6.07 Å². The Bertz CT molecular complexity index is 186. The van der Waals surface area contributed by atoms with Gasteiger partial charge in [0.1, 0.15) is 0 Å². The summed E-state index contributed by atoms with van der Waals surface area (Å²) >= 11 is 0. The average Bonchev–Trinajstić information content (AvgIpc) is 2.30. The van der Waals surface area contributed by atoms with Crippen LogP contribution in [0.4, 0.5) is 0 Å². The summed E-state index contributed by atoms with van der Waals surface area (Å²) in [6.07, 6.45) is 1.62. The van der Waals surface area contributed by atoms with Gasteiger partial charge >= 0.3 is 0 Å². The topological polar surface area (TPSA) is 36.3 Å². The molecule has 1 aliphatic heterocycles. The number of nitriles is 1. The number of hydrogen-bond acceptors (Lipinski definition) is 3. The maximum Gasteiger partial charge on any atom is 0.0638 e. The molecule has 0 spiro atoms. The van der Waals surface area contributed by atoms with E-state index >= 15 is 0 Å². The molecule has 74 valence electrons. The van der Waals surface area contributed by atoms with Crippen molar-refractivity contribution in [2.24, 2.45) is 0 Å². The maximum absolute atomic E-state index is 8.69. The summed E-state index contributed by atoms with van der Waals surface area (Å²) in [6, 6.07) is 3.16. The Morgan fingerprint density at radius 3 is 2.92 bits per heavy atom. The monoisotopic (exact) mass is 182 g/mol. The second kappa shape index (κ2) is 5.21. The summed E-state index contributed by atoms with van der Waals surface area (Å²) in [6.45, 7) is 6.92. The molecular formula is C10H18N2O. The molecule has 0 aromatic carbocycles. The van der Waals surface area contributed by atoms with E-state index in [1.54, 1.807) is 0 Å². The van der Waals surface area contributed by atoms with Gasteiger partial charge in [0.2, 0.25) is 0 Å². The van der Waals surface area contributed by atoms with Crippen molar-refractivity contribution in [1.82, 2.24) is 4.90 Å². The first-order valence-corrected chi connectivity index (χ1v) is 4.96. The van der Waals surface area contributed by atoms with Crippen LogP contribution < -0.4 is 0 Å². The van der Waals surface area contributed by atoms with E-state index in [0.29, 0.717) is 18.5 Å². The normalized spacial score (nSPS) is 25.5. The SMILES string of the molecule is CC(C)N1CCOCC[C@H]1CC#N. The molecule has 0 unspecified atom stereocenters. The van der Waals surface area contributed by atoms with Crippen LogP contribution in [0.5, 0.6) is 0 Å². The van der Waals surface area contributed by atoms with Crippen molar-refractivity contribution in [3.05, 3.63) is 0 Å². The molecule has 0 bridgehead atoms. The second-order valence-corrected chi connectivity index (χ2v) is 3.75. The van der Waals surface area contributed by atoms with Crippen LogP contribution >= 0.6 is 0 Å². The first kappa shape index (κ1) is 10.5. The summed E-state index contributed by atoms with van der Waals surface area (Å²) in [5, 5.41) is 8.69. The Balaban J connectivity index is 2.56. The third kappa shape index (κ3) is 2.98. The van der Waals surface area contributed by atoms with Crippen molar-refractivity contribution in [3.63, 3.8) is 0 Å². The number of hydrogen-bond donors (Lipinski definition) is 0. The van der Waals surface area contributed by atoms with Gasteiger partial charge in [0, 0.05) is 25.2 Å². The highest BCUT2D eigenvalue weighted by atomic mass is 16.5. The van der Waals surface area contributed by atoms with Gasteiger partial charge in [-0.3, -0.25) is 4.90 Å². The summed E-state index contributed by atoms with van der Waals surface area (Å²) < 4.78 is 5.40. The minimum absolute atomic E-state index is 0.396. The molecule has 13 heavy (non-hydrogen) atoms. The van der Waals surface area contributed by atoms with Crippen LogP contribution in [0.15, 0.2) is 0 Å². The molecule has 1 aliphatic rings. The van der Waals surface area contributed by atoms with Crippen LogP contribution in [0.1, 0.15) is 26.7 Å². The van der Waals surface area contributed by atoms with Crippen molar-refractivity contribution in [2.45, 2.75) is 38.8 Å². The van der Waals surface area contributed by atoms with E-state index in [2.05, 4.69) is 24.8 Å². The molecular weight excluding hydrogens is 164 g/mol. The van der Waals surface area contributed by atoms with Crippen molar-refractivity contribution >= 4 is 0 Å². The third-order valence-corrected chi connectivity index (χ3v) is 2.55. The highest BCUT2D eigenvalue weighted by Crippen LogP contribution is 2.15. The first-order chi connectivity index (χ1) is 6.25. The number of ether oxygens (including phenoxy) is 1. The molecule has 0 aliphatic carbocycles. The molecule has 1 saturated heterocycles. The molecule has 1 fully saturated rings. The highest BCUT2D eigenvalue weighted by molar-refractivity contribution is 4.85. The summed E-state index contributed by atoms with van der Waals surface area (Å²) in [5.41, 5.74) is 0. The maximum atomic E-state index is 8.69. The molecule has 1 heterocycles. The fraction of sp³-hybridized carbons (Fsp3) is 0.900. The van der Waals surface area contributed by atoms with Gasteiger partial charge in [-0.15, -0.1) is 0 Å². The minimum atomic E-state index is 0.396. The standard InChI is InChI=1S/C10H18N2O/c1-9(2)12-6-8-13-7-4-10(12)3-5-11/h9-10H,3-4,6-8H2,1-2H3/t10-/m1/s1. The minimum Gasteiger partial charge on any atom is -0.380 e. The van der Waals surface area contributed by atoms with Crippen molar-refractivity contribution in [2.75, 3.05) is 19.8 Å². The Hall–Kier alpha value is -0.590. The average molecular weight is 182 g/mol. The molecule has 0 N–H and O–H groups in total. The lowest BCUT2D eigenvalue weighted by atomic mass is 10.1. The second-order valence-electron chi connectivity index (χ2n) is 3.75. The summed E-state index contributed by atoms with van der Waals surface area (Å²) in [5.74, 6) is 0.